The molecule has 1 aromatic carbocycles. The van der Waals surface area contributed by atoms with Gasteiger partial charge in [-0.2, -0.15) is 0 Å². The summed E-state index contributed by atoms with van der Waals surface area (Å²) in [5.74, 6) is 0. The van der Waals surface area contributed by atoms with Crippen molar-refractivity contribution in [3.05, 3.63) is 35.9 Å². The van der Waals surface area contributed by atoms with Gasteiger partial charge in [0, 0.05) is 13.1 Å². The summed E-state index contributed by atoms with van der Waals surface area (Å²) in [6.45, 7) is 6.73. The van der Waals surface area contributed by atoms with E-state index in [0.29, 0.717) is 25.9 Å². The molecule has 0 aromatic heterocycles. The van der Waals surface area contributed by atoms with E-state index in [-0.39, 0.29) is 37.0 Å². The molecular weight excluding hydrogens is 372 g/mol. The highest BCUT2D eigenvalue weighted by molar-refractivity contribution is 5.71. The third-order valence-corrected chi connectivity index (χ3v) is 5.78. The molecule has 1 atom stereocenters. The van der Waals surface area contributed by atoms with Crippen LogP contribution in [0.2, 0.25) is 0 Å². The number of benzene rings is 1. The number of nitrogens with zero attached hydrogens (tertiary/aromatic N) is 2. The lowest BCUT2D eigenvalue weighted by Gasteiger charge is -2.46. The van der Waals surface area contributed by atoms with Gasteiger partial charge in [0.1, 0.15) is 12.2 Å². The number of hydrogen-bond donors (Lipinski definition) is 1. The second kappa shape index (κ2) is 8.61. The quantitative estimate of drug-likeness (QED) is 0.833. The third-order valence-electron chi connectivity index (χ3n) is 5.78. The molecule has 0 aliphatic carbocycles. The molecule has 0 bridgehead atoms. The molecule has 2 aliphatic rings. The summed E-state index contributed by atoms with van der Waals surface area (Å²) in [6.07, 6.45) is 2.16. The van der Waals surface area contributed by atoms with Crippen molar-refractivity contribution in [2.45, 2.75) is 70.2 Å². The molecule has 1 spiro atoms. The van der Waals surface area contributed by atoms with E-state index in [1.807, 2.05) is 51.1 Å². The van der Waals surface area contributed by atoms with Crippen molar-refractivity contribution in [3.8, 4) is 0 Å². The maximum atomic E-state index is 12.9. The minimum absolute atomic E-state index is 0.0795. The van der Waals surface area contributed by atoms with Gasteiger partial charge in [-0.1, -0.05) is 30.3 Å². The maximum absolute atomic E-state index is 12.9. The van der Waals surface area contributed by atoms with Gasteiger partial charge in [0.05, 0.1) is 18.2 Å². The fourth-order valence-electron chi connectivity index (χ4n) is 4.31. The van der Waals surface area contributed by atoms with Gasteiger partial charge in [-0.05, 0) is 52.0 Å². The van der Waals surface area contributed by atoms with Gasteiger partial charge < -0.3 is 19.5 Å². The van der Waals surface area contributed by atoms with Crippen LogP contribution >= 0.6 is 0 Å². The number of likely N-dealkylation sites (tertiary alicyclic amines) is 2. The Bertz CT molecular complexity index is 708. The van der Waals surface area contributed by atoms with Crippen LogP contribution in [0.4, 0.5) is 9.59 Å². The van der Waals surface area contributed by atoms with Crippen LogP contribution in [0.3, 0.4) is 0 Å². The van der Waals surface area contributed by atoms with Crippen LogP contribution in [0.25, 0.3) is 0 Å². The summed E-state index contributed by atoms with van der Waals surface area (Å²) in [5.41, 5.74) is -0.0126. The highest BCUT2D eigenvalue weighted by Gasteiger charge is 2.51. The molecule has 3 rings (SSSR count). The van der Waals surface area contributed by atoms with E-state index in [2.05, 4.69) is 0 Å². The molecule has 1 N–H and O–H groups in total. The van der Waals surface area contributed by atoms with E-state index in [1.54, 1.807) is 9.80 Å². The van der Waals surface area contributed by atoms with Crippen molar-refractivity contribution in [1.82, 2.24) is 9.80 Å². The first kappa shape index (κ1) is 21.4. The predicted molar refractivity (Wildman–Crippen MR) is 108 cm³/mol. The molecule has 1 unspecified atom stereocenters. The van der Waals surface area contributed by atoms with Crippen molar-refractivity contribution in [2.75, 3.05) is 19.7 Å². The Morgan fingerprint density at radius 1 is 1.10 bits per heavy atom. The minimum Gasteiger partial charge on any atom is -0.445 e. The molecule has 2 heterocycles. The number of carbonyl (C=O) groups is 2. The molecule has 0 radical (unpaired) electrons. The summed E-state index contributed by atoms with van der Waals surface area (Å²) in [4.78, 5) is 28.8. The SMILES string of the molecule is CC(C)(C)OC(=O)N1C(CO)CCC12CCN(C(=O)OCc1ccccc1)CC2. The van der Waals surface area contributed by atoms with Gasteiger partial charge in [-0.15, -0.1) is 0 Å². The second-order valence-electron chi connectivity index (χ2n) is 8.98. The van der Waals surface area contributed by atoms with Crippen LogP contribution < -0.4 is 0 Å². The van der Waals surface area contributed by atoms with Crippen molar-refractivity contribution in [1.29, 1.82) is 0 Å². The Kier molecular flexibility index (Phi) is 6.36. The van der Waals surface area contributed by atoms with Crippen LogP contribution in [-0.4, -0.2) is 64.0 Å². The van der Waals surface area contributed by atoms with E-state index in [1.165, 1.54) is 0 Å². The second-order valence-corrected chi connectivity index (χ2v) is 8.98. The first-order valence-corrected chi connectivity index (χ1v) is 10.3. The highest BCUT2D eigenvalue weighted by Crippen LogP contribution is 2.42. The fraction of sp³-hybridized carbons (Fsp3) is 0.636. The zero-order valence-corrected chi connectivity index (χ0v) is 17.6. The molecule has 7 nitrogen and oxygen atoms in total. The molecule has 1 aromatic rings. The summed E-state index contributed by atoms with van der Waals surface area (Å²) in [7, 11) is 0. The zero-order chi connectivity index (χ0) is 21.1. The Hall–Kier alpha value is -2.28. The van der Waals surface area contributed by atoms with Crippen LogP contribution in [0.5, 0.6) is 0 Å². The van der Waals surface area contributed by atoms with Crippen LogP contribution in [0.15, 0.2) is 30.3 Å². The number of aliphatic hydroxyl groups excluding tert-OH is 1. The number of carbonyl (C=O) groups excluding carboxylic acids is 2. The van der Waals surface area contributed by atoms with E-state index in [0.717, 1.165) is 18.4 Å². The lowest BCUT2D eigenvalue weighted by Crippen LogP contribution is -2.58. The molecular formula is C22H32N2O5. The third kappa shape index (κ3) is 5.01. The van der Waals surface area contributed by atoms with Crippen molar-refractivity contribution >= 4 is 12.2 Å². The van der Waals surface area contributed by atoms with Crippen LogP contribution in [0, 0.1) is 0 Å². The Morgan fingerprint density at radius 3 is 2.34 bits per heavy atom. The summed E-state index contributed by atoms with van der Waals surface area (Å²) in [5, 5.41) is 9.78. The molecule has 29 heavy (non-hydrogen) atoms. The van der Waals surface area contributed by atoms with Gasteiger partial charge in [0.25, 0.3) is 0 Å². The number of piperidine rings is 1. The van der Waals surface area contributed by atoms with E-state index in [9.17, 15) is 14.7 Å². The number of aliphatic hydroxyl groups is 1. The number of hydrogen-bond acceptors (Lipinski definition) is 5. The number of rotatable bonds is 3. The molecule has 2 aliphatic heterocycles. The van der Waals surface area contributed by atoms with Gasteiger partial charge in [0.2, 0.25) is 0 Å². The van der Waals surface area contributed by atoms with E-state index < -0.39 is 5.60 Å². The molecule has 2 amide bonds. The molecule has 7 heteroatoms. The summed E-state index contributed by atoms with van der Waals surface area (Å²) < 4.78 is 11.1. The van der Waals surface area contributed by atoms with Crippen LogP contribution in [0.1, 0.15) is 52.0 Å². The largest absolute Gasteiger partial charge is 0.445 e. The van der Waals surface area contributed by atoms with Gasteiger partial charge >= 0.3 is 12.2 Å². The topological polar surface area (TPSA) is 79.3 Å². The van der Waals surface area contributed by atoms with E-state index >= 15 is 0 Å². The standard InChI is InChI=1S/C22H32N2O5/c1-21(2,3)29-20(27)24-18(15-25)9-10-22(24)11-13-23(14-12-22)19(26)28-16-17-7-5-4-6-8-17/h4-8,18,25H,9-16H2,1-3H3. The minimum atomic E-state index is -0.594. The fourth-order valence-corrected chi connectivity index (χ4v) is 4.31. The maximum Gasteiger partial charge on any atom is 0.411 e. The van der Waals surface area contributed by atoms with Crippen LogP contribution in [-0.2, 0) is 16.1 Å². The number of amides is 2. The van der Waals surface area contributed by atoms with Crippen molar-refractivity contribution in [2.24, 2.45) is 0 Å². The monoisotopic (exact) mass is 404 g/mol. The van der Waals surface area contributed by atoms with E-state index in [4.69, 9.17) is 9.47 Å². The Morgan fingerprint density at radius 2 is 1.76 bits per heavy atom. The highest BCUT2D eigenvalue weighted by atomic mass is 16.6. The smallest absolute Gasteiger partial charge is 0.411 e. The predicted octanol–water partition coefficient (Wildman–Crippen LogP) is 3.55. The number of ether oxygens (including phenoxy) is 2. The lowest BCUT2D eigenvalue weighted by molar-refractivity contribution is -0.0237. The summed E-state index contributed by atoms with van der Waals surface area (Å²) >= 11 is 0. The molecule has 0 saturated carbocycles. The zero-order valence-electron chi connectivity index (χ0n) is 17.6. The lowest BCUT2D eigenvalue weighted by atomic mass is 9.85. The average molecular weight is 405 g/mol. The van der Waals surface area contributed by atoms with Gasteiger partial charge in [-0.3, -0.25) is 4.90 Å². The average Bonchev–Trinajstić information content (AvgIpc) is 3.04. The first-order chi connectivity index (χ1) is 13.7. The molecule has 2 saturated heterocycles. The van der Waals surface area contributed by atoms with Gasteiger partial charge in [-0.25, -0.2) is 9.59 Å². The first-order valence-electron chi connectivity index (χ1n) is 10.3. The Balaban J connectivity index is 1.60. The summed E-state index contributed by atoms with van der Waals surface area (Å²) in [6, 6.07) is 9.36. The van der Waals surface area contributed by atoms with Gasteiger partial charge in [0.15, 0.2) is 0 Å². The Labute approximate surface area is 172 Å². The molecule has 2 fully saturated rings. The normalized spacial score (nSPS) is 21.3. The van der Waals surface area contributed by atoms with Crippen molar-refractivity contribution < 1.29 is 24.2 Å². The van der Waals surface area contributed by atoms with Crippen molar-refractivity contribution in [3.63, 3.8) is 0 Å². The molecule has 160 valence electrons.